The molecule has 0 aliphatic heterocycles. The predicted octanol–water partition coefficient (Wildman–Crippen LogP) is 0.955. The van der Waals surface area contributed by atoms with E-state index in [1.54, 1.807) is 16.7 Å². The number of hydrogen-bond acceptors (Lipinski definition) is 6. The number of hydrogen-bond donors (Lipinski definition) is 3. The van der Waals surface area contributed by atoms with E-state index in [0.717, 1.165) is 10.6 Å². The number of aromatic nitrogens is 1. The molecule has 7 heteroatoms. The van der Waals surface area contributed by atoms with Gasteiger partial charge >= 0.3 is 0 Å². The highest BCUT2D eigenvalue weighted by molar-refractivity contribution is 7.14. The van der Waals surface area contributed by atoms with Gasteiger partial charge in [0.05, 0.1) is 19.3 Å². The third-order valence-electron chi connectivity index (χ3n) is 2.28. The summed E-state index contributed by atoms with van der Waals surface area (Å²) in [5.41, 5.74) is 1.29. The molecule has 0 radical (unpaired) electrons. The van der Waals surface area contributed by atoms with Crippen molar-refractivity contribution >= 4 is 28.6 Å². The van der Waals surface area contributed by atoms with Gasteiger partial charge in [-0.2, -0.15) is 11.3 Å². The molecule has 0 saturated heterocycles. The average molecular weight is 284 g/mol. The third-order valence-corrected chi connectivity index (χ3v) is 3.86. The Morgan fingerprint density at radius 2 is 2.17 bits per heavy atom. The molecule has 2 aromatic rings. The molecule has 3 N–H and O–H groups in total. The van der Waals surface area contributed by atoms with E-state index < -0.39 is 6.04 Å². The van der Waals surface area contributed by atoms with Crippen molar-refractivity contribution in [3.8, 4) is 10.6 Å². The summed E-state index contributed by atoms with van der Waals surface area (Å²) in [5, 5.41) is 26.6. The number of aliphatic hydroxyl groups is 2. The average Bonchev–Trinajstić information content (AvgIpc) is 3.04. The van der Waals surface area contributed by atoms with Crippen LogP contribution >= 0.6 is 22.7 Å². The van der Waals surface area contributed by atoms with E-state index in [4.69, 9.17) is 10.2 Å². The summed E-state index contributed by atoms with van der Waals surface area (Å²) in [6.07, 6.45) is 0. The van der Waals surface area contributed by atoms with Crippen LogP contribution in [0.15, 0.2) is 22.2 Å². The lowest BCUT2D eigenvalue weighted by atomic mass is 10.3. The normalized spacial score (nSPS) is 10.8. The summed E-state index contributed by atoms with van der Waals surface area (Å²) in [6.45, 7) is -0.604. The molecule has 0 aromatic carbocycles. The molecule has 2 aromatic heterocycles. The van der Waals surface area contributed by atoms with E-state index in [1.807, 2.05) is 16.8 Å². The van der Waals surface area contributed by atoms with Crippen molar-refractivity contribution in [3.63, 3.8) is 0 Å². The number of thiazole rings is 1. The summed E-state index contributed by atoms with van der Waals surface area (Å²) in [7, 11) is 0. The van der Waals surface area contributed by atoms with Crippen molar-refractivity contribution in [2.75, 3.05) is 13.2 Å². The summed E-state index contributed by atoms with van der Waals surface area (Å²) in [5.74, 6) is -0.388. The first-order valence-corrected chi connectivity index (χ1v) is 7.07. The summed E-state index contributed by atoms with van der Waals surface area (Å²) in [4.78, 5) is 16.0. The molecular formula is C11H12N2O3S2. The maximum Gasteiger partial charge on any atom is 0.271 e. The smallest absolute Gasteiger partial charge is 0.271 e. The molecule has 0 spiro atoms. The number of nitrogens with one attached hydrogen (secondary N) is 1. The van der Waals surface area contributed by atoms with E-state index in [-0.39, 0.29) is 19.1 Å². The molecule has 0 atom stereocenters. The topological polar surface area (TPSA) is 82.5 Å². The van der Waals surface area contributed by atoms with Gasteiger partial charge in [0.15, 0.2) is 0 Å². The lowest BCUT2D eigenvalue weighted by molar-refractivity contribution is 0.0875. The molecule has 0 aliphatic carbocycles. The highest BCUT2D eigenvalue weighted by atomic mass is 32.1. The van der Waals surface area contributed by atoms with E-state index in [1.165, 1.54) is 11.3 Å². The van der Waals surface area contributed by atoms with Crippen LogP contribution in [0.4, 0.5) is 0 Å². The molecule has 18 heavy (non-hydrogen) atoms. The zero-order valence-corrected chi connectivity index (χ0v) is 11.0. The van der Waals surface area contributed by atoms with E-state index in [0.29, 0.717) is 5.69 Å². The Hall–Kier alpha value is -1.28. The minimum Gasteiger partial charge on any atom is -0.394 e. The van der Waals surface area contributed by atoms with Crippen LogP contribution in [0, 0.1) is 0 Å². The lowest BCUT2D eigenvalue weighted by Gasteiger charge is -2.11. The Kier molecular flexibility index (Phi) is 4.43. The summed E-state index contributed by atoms with van der Waals surface area (Å²) >= 11 is 2.96. The summed E-state index contributed by atoms with van der Waals surface area (Å²) < 4.78 is 0. The molecule has 0 fully saturated rings. The molecule has 96 valence electrons. The predicted molar refractivity (Wildman–Crippen MR) is 70.9 cm³/mol. The molecule has 5 nitrogen and oxygen atoms in total. The fraction of sp³-hybridized carbons (Fsp3) is 0.273. The van der Waals surface area contributed by atoms with Gasteiger partial charge in [0.2, 0.25) is 0 Å². The molecule has 0 saturated carbocycles. The molecule has 2 heterocycles. The largest absolute Gasteiger partial charge is 0.394 e. The second kappa shape index (κ2) is 6.05. The van der Waals surface area contributed by atoms with Crippen molar-refractivity contribution in [2.45, 2.75) is 6.04 Å². The number of rotatable bonds is 5. The number of carbonyl (C=O) groups excluding carboxylic acids is 1. The van der Waals surface area contributed by atoms with Gasteiger partial charge in [-0.3, -0.25) is 4.79 Å². The third kappa shape index (κ3) is 2.94. The van der Waals surface area contributed by atoms with E-state index in [2.05, 4.69) is 10.3 Å². The van der Waals surface area contributed by atoms with Crippen LogP contribution in [0.25, 0.3) is 10.6 Å². The van der Waals surface area contributed by atoms with Gasteiger partial charge < -0.3 is 15.5 Å². The van der Waals surface area contributed by atoms with Gasteiger partial charge in [-0.05, 0) is 11.4 Å². The first-order chi connectivity index (χ1) is 8.74. The van der Waals surface area contributed by atoms with Crippen molar-refractivity contribution in [1.82, 2.24) is 10.3 Å². The molecule has 0 bridgehead atoms. The Morgan fingerprint density at radius 3 is 2.78 bits per heavy atom. The highest BCUT2D eigenvalue weighted by Crippen LogP contribution is 2.25. The Balaban J connectivity index is 2.08. The highest BCUT2D eigenvalue weighted by Gasteiger charge is 2.15. The van der Waals surface area contributed by atoms with E-state index >= 15 is 0 Å². The van der Waals surface area contributed by atoms with Gasteiger partial charge in [-0.15, -0.1) is 11.3 Å². The van der Waals surface area contributed by atoms with Crippen LogP contribution in [0.1, 0.15) is 10.5 Å². The number of thiophene rings is 1. The molecule has 0 aliphatic rings. The van der Waals surface area contributed by atoms with E-state index in [9.17, 15) is 4.79 Å². The second-order valence-corrected chi connectivity index (χ2v) is 5.22. The fourth-order valence-electron chi connectivity index (χ4n) is 1.31. The van der Waals surface area contributed by atoms with Crippen molar-refractivity contribution < 1.29 is 15.0 Å². The quantitative estimate of drug-likeness (QED) is 0.763. The van der Waals surface area contributed by atoms with Crippen LogP contribution in [0.3, 0.4) is 0 Å². The van der Waals surface area contributed by atoms with Crippen LogP contribution in [-0.2, 0) is 0 Å². The zero-order chi connectivity index (χ0) is 13.0. The van der Waals surface area contributed by atoms with Crippen molar-refractivity contribution in [3.05, 3.63) is 27.9 Å². The molecule has 0 unspecified atom stereocenters. The number of nitrogens with zero attached hydrogens (tertiary/aromatic N) is 1. The van der Waals surface area contributed by atoms with Crippen molar-refractivity contribution in [1.29, 1.82) is 0 Å². The maximum absolute atomic E-state index is 11.8. The van der Waals surface area contributed by atoms with Crippen LogP contribution in [-0.4, -0.2) is 40.4 Å². The minimum atomic E-state index is -0.649. The van der Waals surface area contributed by atoms with Gasteiger partial charge in [0, 0.05) is 16.3 Å². The van der Waals surface area contributed by atoms with Gasteiger partial charge in [-0.1, -0.05) is 0 Å². The van der Waals surface area contributed by atoms with Crippen LogP contribution in [0.5, 0.6) is 0 Å². The lowest BCUT2D eigenvalue weighted by Crippen LogP contribution is -2.40. The van der Waals surface area contributed by atoms with Gasteiger partial charge in [0.25, 0.3) is 5.91 Å². The number of aliphatic hydroxyl groups excluding tert-OH is 2. The Bertz CT molecular complexity index is 506. The molecule has 1 amide bonds. The van der Waals surface area contributed by atoms with Gasteiger partial charge in [0.1, 0.15) is 10.7 Å². The maximum atomic E-state index is 11.8. The second-order valence-electron chi connectivity index (χ2n) is 3.59. The SMILES string of the molecule is O=C(NC(CO)CO)c1csc(-c2ccsc2)n1. The van der Waals surface area contributed by atoms with Gasteiger partial charge in [-0.25, -0.2) is 4.98 Å². The first kappa shape index (κ1) is 13.2. The summed E-state index contributed by atoms with van der Waals surface area (Å²) in [6, 6.07) is 1.29. The Morgan fingerprint density at radius 1 is 1.39 bits per heavy atom. The standard InChI is InChI=1S/C11H12N2O3S2/c14-3-8(4-15)12-10(16)9-6-18-11(13-9)7-1-2-17-5-7/h1-2,5-6,8,14-15H,3-4H2,(H,12,16). The molecular weight excluding hydrogens is 272 g/mol. The van der Waals surface area contributed by atoms with Crippen LogP contribution < -0.4 is 5.32 Å². The number of amides is 1. The zero-order valence-electron chi connectivity index (χ0n) is 9.37. The fourth-order valence-corrected chi connectivity index (χ4v) is 2.82. The molecule has 2 rings (SSSR count). The number of carbonyl (C=O) groups is 1. The van der Waals surface area contributed by atoms with Crippen molar-refractivity contribution in [2.24, 2.45) is 0 Å². The monoisotopic (exact) mass is 284 g/mol. The first-order valence-electron chi connectivity index (χ1n) is 5.25. The Labute approximate surface area is 112 Å². The minimum absolute atomic E-state index is 0.299. The van der Waals surface area contributed by atoms with Crippen LogP contribution in [0.2, 0.25) is 0 Å².